The summed E-state index contributed by atoms with van der Waals surface area (Å²) in [5, 5.41) is 8.99. The number of carbonyl (C=O) groups is 1. The molecule has 0 bridgehead atoms. The summed E-state index contributed by atoms with van der Waals surface area (Å²) in [6, 6.07) is 3.42. The van der Waals surface area contributed by atoms with E-state index in [0.29, 0.717) is 11.8 Å². The van der Waals surface area contributed by atoms with Crippen LogP contribution in [0.2, 0.25) is 0 Å². The number of hydrogen-bond donors (Lipinski definition) is 1. The summed E-state index contributed by atoms with van der Waals surface area (Å²) < 4.78 is 5.62. The summed E-state index contributed by atoms with van der Waals surface area (Å²) in [6.45, 7) is 6.32. The van der Waals surface area contributed by atoms with Crippen LogP contribution in [0.4, 0.5) is 5.82 Å². The highest BCUT2D eigenvalue weighted by atomic mass is 16.5. The zero-order valence-corrected chi connectivity index (χ0v) is 11.4. The second-order valence-electron chi connectivity index (χ2n) is 4.75. The second kappa shape index (κ2) is 6.02. The number of aromatic carboxylic acids is 1. The minimum atomic E-state index is -0.924. The first-order valence-electron chi connectivity index (χ1n) is 6.69. The van der Waals surface area contributed by atoms with Crippen LogP contribution in [0.25, 0.3) is 0 Å². The zero-order valence-electron chi connectivity index (χ0n) is 11.4. The van der Waals surface area contributed by atoms with Crippen LogP contribution in [-0.4, -0.2) is 41.9 Å². The van der Waals surface area contributed by atoms with Gasteiger partial charge in [-0.15, -0.1) is 0 Å². The van der Waals surface area contributed by atoms with E-state index in [1.807, 2.05) is 6.92 Å². The van der Waals surface area contributed by atoms with E-state index in [9.17, 15) is 4.79 Å². The first kappa shape index (κ1) is 13.8. The lowest BCUT2D eigenvalue weighted by Gasteiger charge is -2.32. The molecule has 0 amide bonds. The number of carboxylic acids is 1. The largest absolute Gasteiger partial charge is 0.478 e. The number of aryl methyl sites for hydroxylation is 1. The molecule has 0 aromatic carbocycles. The Hall–Kier alpha value is -1.62. The molecular formula is C14H20N2O3. The molecule has 1 N–H and O–H groups in total. The van der Waals surface area contributed by atoms with Crippen LogP contribution >= 0.6 is 0 Å². The molecule has 1 aromatic heterocycles. The Kier molecular flexibility index (Phi) is 4.37. The maximum atomic E-state index is 11.0. The third kappa shape index (κ3) is 3.23. The van der Waals surface area contributed by atoms with Gasteiger partial charge in [0, 0.05) is 19.7 Å². The van der Waals surface area contributed by atoms with Gasteiger partial charge in [-0.2, -0.15) is 0 Å². The molecule has 0 atom stereocenters. The van der Waals surface area contributed by atoms with E-state index < -0.39 is 5.97 Å². The van der Waals surface area contributed by atoms with E-state index in [1.54, 1.807) is 19.1 Å². The van der Waals surface area contributed by atoms with Gasteiger partial charge in [-0.1, -0.05) is 0 Å². The molecule has 5 heteroatoms. The van der Waals surface area contributed by atoms with Gasteiger partial charge in [0.2, 0.25) is 0 Å². The maximum Gasteiger partial charge on any atom is 0.337 e. The van der Waals surface area contributed by atoms with Gasteiger partial charge in [0.25, 0.3) is 0 Å². The fourth-order valence-electron chi connectivity index (χ4n) is 2.44. The Morgan fingerprint density at radius 1 is 1.47 bits per heavy atom. The van der Waals surface area contributed by atoms with Crippen LogP contribution in [-0.2, 0) is 4.74 Å². The molecule has 2 rings (SSSR count). The topological polar surface area (TPSA) is 62.7 Å². The van der Waals surface area contributed by atoms with Crippen molar-refractivity contribution in [2.75, 3.05) is 24.6 Å². The lowest BCUT2D eigenvalue weighted by molar-refractivity contribution is 0.0458. The van der Waals surface area contributed by atoms with Crippen molar-refractivity contribution >= 4 is 11.8 Å². The monoisotopic (exact) mass is 264 g/mol. The number of pyridine rings is 1. The van der Waals surface area contributed by atoms with Gasteiger partial charge >= 0.3 is 5.97 Å². The lowest BCUT2D eigenvalue weighted by atomic mass is 10.1. The molecule has 1 aromatic rings. The van der Waals surface area contributed by atoms with Crippen LogP contribution in [0.5, 0.6) is 0 Å². The molecule has 0 unspecified atom stereocenters. The molecule has 1 fully saturated rings. The molecule has 5 nitrogen and oxygen atoms in total. The van der Waals surface area contributed by atoms with Gasteiger partial charge < -0.3 is 14.7 Å². The highest BCUT2D eigenvalue weighted by molar-refractivity contribution is 5.89. The smallest absolute Gasteiger partial charge is 0.337 e. The third-order valence-corrected chi connectivity index (χ3v) is 3.47. The minimum Gasteiger partial charge on any atom is -0.478 e. The highest BCUT2D eigenvalue weighted by Crippen LogP contribution is 2.21. The predicted octanol–water partition coefficient (Wildman–Crippen LogP) is 2.09. The summed E-state index contributed by atoms with van der Waals surface area (Å²) in [7, 11) is 0. The molecular weight excluding hydrogens is 244 g/mol. The molecule has 1 saturated heterocycles. The van der Waals surface area contributed by atoms with Crippen molar-refractivity contribution in [3.05, 3.63) is 23.4 Å². The van der Waals surface area contributed by atoms with Crippen molar-refractivity contribution in [3.63, 3.8) is 0 Å². The van der Waals surface area contributed by atoms with Gasteiger partial charge in [-0.3, -0.25) is 0 Å². The number of aromatic nitrogens is 1. The van der Waals surface area contributed by atoms with Crippen molar-refractivity contribution in [2.45, 2.75) is 32.8 Å². The maximum absolute atomic E-state index is 11.0. The van der Waals surface area contributed by atoms with Crippen LogP contribution in [0.1, 0.15) is 35.8 Å². The molecule has 1 aliphatic rings. The Labute approximate surface area is 113 Å². The van der Waals surface area contributed by atoms with Gasteiger partial charge in [-0.05, 0) is 38.8 Å². The van der Waals surface area contributed by atoms with E-state index in [-0.39, 0.29) is 5.56 Å². The summed E-state index contributed by atoms with van der Waals surface area (Å²) in [5.74, 6) is -0.0657. The number of carboxylic acid groups (broad SMARTS) is 1. The third-order valence-electron chi connectivity index (χ3n) is 3.47. The Morgan fingerprint density at radius 2 is 2.16 bits per heavy atom. The molecule has 2 heterocycles. The summed E-state index contributed by atoms with van der Waals surface area (Å²) in [6.07, 6.45) is 2.34. The normalized spacial score (nSPS) is 16.6. The number of hydrogen-bond acceptors (Lipinski definition) is 4. The number of ether oxygens (including phenoxy) is 1. The predicted molar refractivity (Wildman–Crippen MR) is 72.8 cm³/mol. The Balaban J connectivity index is 2.04. The molecule has 0 aliphatic carbocycles. The Morgan fingerprint density at radius 3 is 2.68 bits per heavy atom. The van der Waals surface area contributed by atoms with Crippen molar-refractivity contribution in [3.8, 4) is 0 Å². The fourth-order valence-corrected chi connectivity index (χ4v) is 2.44. The van der Waals surface area contributed by atoms with Crippen LogP contribution in [0.3, 0.4) is 0 Å². The number of rotatable bonds is 4. The quantitative estimate of drug-likeness (QED) is 0.902. The summed E-state index contributed by atoms with van der Waals surface area (Å²) in [4.78, 5) is 17.5. The van der Waals surface area contributed by atoms with Crippen molar-refractivity contribution in [2.24, 2.45) is 0 Å². The summed E-state index contributed by atoms with van der Waals surface area (Å²) >= 11 is 0. The van der Waals surface area contributed by atoms with E-state index in [4.69, 9.17) is 9.84 Å². The van der Waals surface area contributed by atoms with E-state index in [0.717, 1.165) is 38.4 Å². The zero-order chi connectivity index (χ0) is 13.8. The first-order valence-corrected chi connectivity index (χ1v) is 6.69. The molecule has 0 saturated carbocycles. The molecule has 104 valence electrons. The second-order valence-corrected chi connectivity index (χ2v) is 4.75. The molecule has 0 radical (unpaired) electrons. The van der Waals surface area contributed by atoms with Crippen molar-refractivity contribution in [1.82, 2.24) is 4.98 Å². The van der Waals surface area contributed by atoms with Gasteiger partial charge in [0.15, 0.2) is 0 Å². The molecule has 1 aliphatic heterocycles. The Bertz CT molecular complexity index is 454. The van der Waals surface area contributed by atoms with E-state index in [1.165, 1.54) is 0 Å². The average Bonchev–Trinajstić information content (AvgIpc) is 2.39. The molecule has 0 spiro atoms. The minimum absolute atomic E-state index is 0.271. The lowest BCUT2D eigenvalue weighted by Crippen LogP contribution is -2.37. The average molecular weight is 264 g/mol. The summed E-state index contributed by atoms with van der Waals surface area (Å²) in [5.41, 5.74) is 0.838. The van der Waals surface area contributed by atoms with E-state index >= 15 is 0 Å². The van der Waals surface area contributed by atoms with Crippen molar-refractivity contribution in [1.29, 1.82) is 0 Å². The standard InChI is InChI=1S/C14H20N2O3/c1-3-19-11-6-8-16(9-7-11)13-5-4-12(14(17)18)10(2)15-13/h4-5,11H,3,6-9H2,1-2H3,(H,17,18). The van der Waals surface area contributed by atoms with Gasteiger partial charge in [-0.25, -0.2) is 9.78 Å². The van der Waals surface area contributed by atoms with Crippen LogP contribution in [0.15, 0.2) is 12.1 Å². The molecule has 19 heavy (non-hydrogen) atoms. The number of anilines is 1. The van der Waals surface area contributed by atoms with Gasteiger partial charge in [0.1, 0.15) is 5.82 Å². The van der Waals surface area contributed by atoms with Crippen LogP contribution < -0.4 is 4.90 Å². The SMILES string of the molecule is CCOC1CCN(c2ccc(C(=O)O)c(C)n2)CC1. The van der Waals surface area contributed by atoms with Gasteiger partial charge in [0.05, 0.1) is 17.4 Å². The highest BCUT2D eigenvalue weighted by Gasteiger charge is 2.21. The number of piperidine rings is 1. The number of nitrogens with zero attached hydrogens (tertiary/aromatic N) is 2. The van der Waals surface area contributed by atoms with Crippen molar-refractivity contribution < 1.29 is 14.6 Å². The first-order chi connectivity index (χ1) is 9.11. The fraction of sp³-hybridized carbons (Fsp3) is 0.571. The van der Waals surface area contributed by atoms with Crippen LogP contribution in [0, 0.1) is 6.92 Å². The van der Waals surface area contributed by atoms with E-state index in [2.05, 4.69) is 9.88 Å².